The topological polar surface area (TPSA) is 105 Å². The molecule has 3 aromatic rings. The van der Waals surface area contributed by atoms with Gasteiger partial charge in [0.2, 0.25) is 11.1 Å². The van der Waals surface area contributed by atoms with Crippen LogP contribution in [0.5, 0.6) is 0 Å². The van der Waals surface area contributed by atoms with Crippen LogP contribution < -0.4 is 5.32 Å². The van der Waals surface area contributed by atoms with Crippen molar-refractivity contribution < 1.29 is 13.2 Å². The third-order valence-corrected chi connectivity index (χ3v) is 6.00. The number of hydrogen-bond donors (Lipinski definition) is 2. The first-order chi connectivity index (χ1) is 13.4. The fourth-order valence-corrected chi connectivity index (χ4v) is 3.99. The summed E-state index contributed by atoms with van der Waals surface area (Å²) in [4.78, 5) is 16.7. The lowest BCUT2D eigenvalue weighted by molar-refractivity contribution is -0.113. The minimum absolute atomic E-state index is 0.0597. The van der Waals surface area contributed by atoms with Crippen LogP contribution in [0.1, 0.15) is 12.5 Å². The Balaban J connectivity index is 1.62. The average molecular weight is 417 g/mol. The van der Waals surface area contributed by atoms with Crippen molar-refractivity contribution in [1.82, 2.24) is 15.2 Å². The van der Waals surface area contributed by atoms with Gasteiger partial charge in [0, 0.05) is 11.8 Å². The van der Waals surface area contributed by atoms with Gasteiger partial charge in [0.25, 0.3) is 0 Å². The van der Waals surface area contributed by atoms with E-state index in [1.54, 1.807) is 18.2 Å². The van der Waals surface area contributed by atoms with E-state index in [4.69, 9.17) is 0 Å². The second-order valence-electron chi connectivity index (χ2n) is 6.12. The smallest absolute Gasteiger partial charge is 0.234 e. The molecule has 146 valence electrons. The Morgan fingerprint density at radius 2 is 1.86 bits per heavy atom. The first kappa shape index (κ1) is 20.1. The number of rotatable bonds is 7. The number of aryl methyl sites for hydroxylation is 1. The van der Waals surface area contributed by atoms with E-state index in [1.165, 1.54) is 23.4 Å². The van der Waals surface area contributed by atoms with Gasteiger partial charge in [-0.25, -0.2) is 13.4 Å². The lowest BCUT2D eigenvalue weighted by Gasteiger charge is -2.08. The van der Waals surface area contributed by atoms with Gasteiger partial charge in [-0.15, -0.1) is 5.10 Å². The zero-order chi connectivity index (χ0) is 20.1. The first-order valence-electron chi connectivity index (χ1n) is 8.60. The van der Waals surface area contributed by atoms with E-state index >= 15 is 0 Å². The zero-order valence-corrected chi connectivity index (χ0v) is 17.1. The van der Waals surface area contributed by atoms with E-state index in [2.05, 4.69) is 27.4 Å². The molecule has 0 saturated carbocycles. The van der Waals surface area contributed by atoms with Gasteiger partial charge in [-0.2, -0.15) is 0 Å². The van der Waals surface area contributed by atoms with Gasteiger partial charge in [-0.3, -0.25) is 9.89 Å². The Morgan fingerprint density at radius 3 is 2.54 bits per heavy atom. The van der Waals surface area contributed by atoms with Crippen LogP contribution in [0.4, 0.5) is 5.69 Å². The number of thioether (sulfide) groups is 1. The molecule has 1 amide bonds. The number of para-hydroxylation sites is 1. The summed E-state index contributed by atoms with van der Waals surface area (Å²) in [6.45, 7) is 2.09. The number of aromatic amines is 1. The molecular formula is C19H20N4O3S2. The molecule has 9 heteroatoms. The van der Waals surface area contributed by atoms with Gasteiger partial charge in [0.15, 0.2) is 15.7 Å². The van der Waals surface area contributed by atoms with E-state index in [0.717, 1.165) is 18.2 Å². The SMILES string of the molecule is CCc1ccc(-c2nc(SCC(=O)Nc3ccccc3S(C)(=O)=O)n[nH]2)cc1. The third kappa shape index (κ3) is 4.99. The molecule has 0 atom stereocenters. The minimum Gasteiger partial charge on any atom is -0.324 e. The van der Waals surface area contributed by atoms with Gasteiger partial charge in [0.05, 0.1) is 16.3 Å². The van der Waals surface area contributed by atoms with Crippen LogP contribution in [0, 0.1) is 0 Å². The Kier molecular flexibility index (Phi) is 6.15. The maximum absolute atomic E-state index is 12.2. The molecule has 0 bridgehead atoms. The Bertz CT molecular complexity index is 1080. The standard InChI is InChI=1S/C19H20N4O3S2/c1-3-13-8-10-14(11-9-13)18-21-19(23-22-18)27-12-17(24)20-15-6-4-5-7-16(15)28(2,25)26/h4-11H,3,12H2,1-2H3,(H,20,24)(H,21,22,23). The van der Waals surface area contributed by atoms with E-state index in [9.17, 15) is 13.2 Å². The lowest BCUT2D eigenvalue weighted by Crippen LogP contribution is -2.16. The average Bonchev–Trinajstić information content (AvgIpc) is 3.15. The minimum atomic E-state index is -3.43. The van der Waals surface area contributed by atoms with Gasteiger partial charge in [-0.05, 0) is 24.1 Å². The van der Waals surface area contributed by atoms with Crippen molar-refractivity contribution in [2.75, 3.05) is 17.3 Å². The van der Waals surface area contributed by atoms with Crippen LogP contribution in [0.25, 0.3) is 11.4 Å². The summed E-state index contributed by atoms with van der Waals surface area (Å²) in [7, 11) is -3.43. The van der Waals surface area contributed by atoms with E-state index < -0.39 is 9.84 Å². The summed E-state index contributed by atoms with van der Waals surface area (Å²) in [5.41, 5.74) is 2.43. The number of carbonyl (C=O) groups is 1. The molecular weight excluding hydrogens is 396 g/mol. The molecule has 0 aliphatic rings. The maximum atomic E-state index is 12.2. The van der Waals surface area contributed by atoms with Gasteiger partial charge >= 0.3 is 0 Å². The van der Waals surface area contributed by atoms with Crippen LogP contribution in [-0.4, -0.2) is 41.5 Å². The first-order valence-corrected chi connectivity index (χ1v) is 11.5. The fourth-order valence-electron chi connectivity index (χ4n) is 2.55. The highest BCUT2D eigenvalue weighted by atomic mass is 32.2. The van der Waals surface area contributed by atoms with Crippen LogP contribution in [0.2, 0.25) is 0 Å². The normalized spacial score (nSPS) is 11.4. The van der Waals surface area contributed by atoms with Crippen molar-refractivity contribution in [2.45, 2.75) is 23.4 Å². The molecule has 0 fully saturated rings. The number of carbonyl (C=O) groups excluding carboxylic acids is 1. The molecule has 1 heterocycles. The van der Waals surface area contributed by atoms with E-state index in [-0.39, 0.29) is 22.2 Å². The maximum Gasteiger partial charge on any atom is 0.234 e. The molecule has 1 aromatic heterocycles. The van der Waals surface area contributed by atoms with Crippen molar-refractivity contribution in [3.05, 3.63) is 54.1 Å². The summed E-state index contributed by atoms with van der Waals surface area (Å²) < 4.78 is 23.6. The number of nitrogens with zero attached hydrogens (tertiary/aromatic N) is 2. The van der Waals surface area contributed by atoms with Crippen LogP contribution in [0.3, 0.4) is 0 Å². The Labute approximate surface area is 167 Å². The van der Waals surface area contributed by atoms with E-state index in [1.807, 2.05) is 24.3 Å². The van der Waals surface area contributed by atoms with Crippen LogP contribution >= 0.6 is 11.8 Å². The van der Waals surface area contributed by atoms with Crippen molar-refractivity contribution in [3.63, 3.8) is 0 Å². The monoisotopic (exact) mass is 416 g/mol. The lowest BCUT2D eigenvalue weighted by atomic mass is 10.1. The van der Waals surface area contributed by atoms with Gasteiger partial charge in [-0.1, -0.05) is 55.1 Å². The van der Waals surface area contributed by atoms with Crippen molar-refractivity contribution in [1.29, 1.82) is 0 Å². The zero-order valence-electron chi connectivity index (χ0n) is 15.5. The summed E-state index contributed by atoms with van der Waals surface area (Å²) >= 11 is 1.17. The fraction of sp³-hybridized carbons (Fsp3) is 0.211. The Hall–Kier alpha value is -2.65. The molecule has 2 N–H and O–H groups in total. The second kappa shape index (κ2) is 8.57. The van der Waals surface area contributed by atoms with Crippen LogP contribution in [-0.2, 0) is 21.1 Å². The predicted octanol–water partition coefficient (Wildman–Crippen LogP) is 3.17. The highest BCUT2D eigenvalue weighted by Crippen LogP contribution is 2.22. The number of nitrogens with one attached hydrogen (secondary N) is 2. The summed E-state index contributed by atoms with van der Waals surface area (Å²) in [5.74, 6) is 0.359. The molecule has 2 aromatic carbocycles. The molecule has 0 aliphatic heterocycles. The Morgan fingerprint density at radius 1 is 1.14 bits per heavy atom. The number of aromatic nitrogens is 3. The van der Waals surface area contributed by atoms with Gasteiger partial charge < -0.3 is 5.32 Å². The molecule has 7 nitrogen and oxygen atoms in total. The molecule has 3 rings (SSSR count). The van der Waals surface area contributed by atoms with Crippen molar-refractivity contribution >= 4 is 33.2 Å². The van der Waals surface area contributed by atoms with Crippen LogP contribution in [0.15, 0.2) is 58.6 Å². The molecule has 28 heavy (non-hydrogen) atoms. The molecule has 0 radical (unpaired) electrons. The molecule has 0 spiro atoms. The number of amides is 1. The largest absolute Gasteiger partial charge is 0.324 e. The molecule has 0 aliphatic carbocycles. The number of H-pyrrole nitrogens is 1. The summed E-state index contributed by atoms with van der Waals surface area (Å²) in [6, 6.07) is 14.3. The van der Waals surface area contributed by atoms with Crippen molar-refractivity contribution in [3.8, 4) is 11.4 Å². The number of sulfone groups is 1. The van der Waals surface area contributed by atoms with Crippen molar-refractivity contribution in [2.24, 2.45) is 0 Å². The third-order valence-electron chi connectivity index (χ3n) is 3.99. The number of hydrogen-bond acceptors (Lipinski definition) is 6. The van der Waals surface area contributed by atoms with E-state index in [0.29, 0.717) is 11.0 Å². The van der Waals surface area contributed by atoms with Gasteiger partial charge in [0.1, 0.15) is 0 Å². The molecule has 0 saturated heterocycles. The summed E-state index contributed by atoms with van der Waals surface area (Å²) in [6.07, 6.45) is 2.07. The molecule has 0 unspecified atom stereocenters. The number of benzene rings is 2. The summed E-state index contributed by atoms with van der Waals surface area (Å²) in [5, 5.41) is 10.1. The quantitative estimate of drug-likeness (QED) is 0.573. The highest BCUT2D eigenvalue weighted by Gasteiger charge is 2.15. The highest BCUT2D eigenvalue weighted by molar-refractivity contribution is 7.99. The second-order valence-corrected chi connectivity index (χ2v) is 9.05. The number of anilines is 1. The predicted molar refractivity (Wildman–Crippen MR) is 110 cm³/mol.